The van der Waals surface area contributed by atoms with Gasteiger partial charge < -0.3 is 4.90 Å². The van der Waals surface area contributed by atoms with Crippen LogP contribution >= 0.6 is 11.6 Å². The van der Waals surface area contributed by atoms with Crippen molar-refractivity contribution >= 4 is 23.0 Å². The molecule has 2 aromatic rings. The molecule has 1 aliphatic carbocycles. The highest BCUT2D eigenvalue weighted by Gasteiger charge is 2.28. The van der Waals surface area contributed by atoms with Crippen molar-refractivity contribution in [3.05, 3.63) is 100.0 Å². The zero-order valence-corrected chi connectivity index (χ0v) is 24.0. The molecule has 0 saturated carbocycles. The van der Waals surface area contributed by atoms with Crippen LogP contribution in [0.4, 0.5) is 5.69 Å². The molecule has 4 heteroatoms. The summed E-state index contributed by atoms with van der Waals surface area (Å²) in [5.41, 5.74) is 10.3. The lowest BCUT2D eigenvalue weighted by atomic mass is 9.86. The minimum atomic E-state index is 0.517. The molecule has 0 fully saturated rings. The quantitative estimate of drug-likeness (QED) is 0.328. The molecule has 1 aliphatic heterocycles. The summed E-state index contributed by atoms with van der Waals surface area (Å²) in [4.78, 5) is 10.0. The maximum absolute atomic E-state index is 6.52. The molecule has 196 valence electrons. The number of hydrogen-bond donors (Lipinski definition) is 0. The van der Waals surface area contributed by atoms with Crippen LogP contribution in [0.3, 0.4) is 0 Å². The van der Waals surface area contributed by atoms with Gasteiger partial charge in [-0.3, -0.25) is 9.89 Å². The molecule has 3 nitrogen and oxygen atoms in total. The summed E-state index contributed by atoms with van der Waals surface area (Å²) in [6.07, 6.45) is 9.49. The number of anilines is 1. The van der Waals surface area contributed by atoms with Crippen LogP contribution < -0.4 is 4.90 Å². The Kier molecular flexibility index (Phi) is 9.10. The molecule has 2 aliphatic rings. The highest BCUT2D eigenvalue weighted by molar-refractivity contribution is 6.34. The summed E-state index contributed by atoms with van der Waals surface area (Å²) in [6.45, 7) is 17.2. The van der Waals surface area contributed by atoms with Gasteiger partial charge in [0.05, 0.1) is 5.70 Å². The van der Waals surface area contributed by atoms with E-state index in [-0.39, 0.29) is 0 Å². The van der Waals surface area contributed by atoms with Crippen LogP contribution in [0.5, 0.6) is 0 Å². The summed E-state index contributed by atoms with van der Waals surface area (Å²) in [5, 5.41) is 0.778. The third-order valence-corrected chi connectivity index (χ3v) is 8.40. The smallest absolute Gasteiger partial charge is 0.0537 e. The molecule has 2 aromatic carbocycles. The van der Waals surface area contributed by atoms with E-state index >= 15 is 0 Å². The first-order chi connectivity index (χ1) is 17.8. The fourth-order valence-corrected chi connectivity index (χ4v) is 5.53. The monoisotopic (exact) mass is 515 g/mol. The van der Waals surface area contributed by atoms with E-state index in [0.717, 1.165) is 55.1 Å². The molecule has 0 aromatic heterocycles. The van der Waals surface area contributed by atoms with E-state index in [9.17, 15) is 0 Å². The van der Waals surface area contributed by atoms with Gasteiger partial charge in [-0.1, -0.05) is 68.8 Å². The van der Waals surface area contributed by atoms with Gasteiger partial charge in [-0.2, -0.15) is 0 Å². The van der Waals surface area contributed by atoms with Gasteiger partial charge in [-0.25, -0.2) is 0 Å². The zero-order valence-electron chi connectivity index (χ0n) is 23.2. The van der Waals surface area contributed by atoms with Crippen molar-refractivity contribution in [2.75, 3.05) is 18.0 Å². The first-order valence-electron chi connectivity index (χ1n) is 13.8. The average Bonchev–Trinajstić information content (AvgIpc) is 2.91. The molecule has 1 heterocycles. The van der Waals surface area contributed by atoms with Crippen molar-refractivity contribution in [1.82, 2.24) is 4.90 Å². The number of rotatable bonds is 8. The number of halogens is 1. The Morgan fingerprint density at radius 1 is 1.19 bits per heavy atom. The Labute approximate surface area is 229 Å². The van der Waals surface area contributed by atoms with E-state index < -0.39 is 0 Å². The van der Waals surface area contributed by atoms with Crippen molar-refractivity contribution in [3.8, 4) is 0 Å². The molecule has 0 saturated heterocycles. The van der Waals surface area contributed by atoms with Gasteiger partial charge in [-0.05, 0) is 86.8 Å². The predicted octanol–water partition coefficient (Wildman–Crippen LogP) is 8.59. The van der Waals surface area contributed by atoms with Gasteiger partial charge in [0.2, 0.25) is 0 Å². The molecule has 0 radical (unpaired) electrons. The van der Waals surface area contributed by atoms with E-state index in [0.29, 0.717) is 12.0 Å². The maximum atomic E-state index is 6.52. The molecule has 0 bridgehead atoms. The summed E-state index contributed by atoms with van der Waals surface area (Å²) >= 11 is 6.52. The van der Waals surface area contributed by atoms with Gasteiger partial charge in [0.25, 0.3) is 0 Å². The van der Waals surface area contributed by atoms with Gasteiger partial charge in [0, 0.05) is 53.5 Å². The minimum Gasteiger partial charge on any atom is -0.325 e. The summed E-state index contributed by atoms with van der Waals surface area (Å²) in [7, 11) is 0. The average molecular weight is 516 g/mol. The van der Waals surface area contributed by atoms with Gasteiger partial charge in [0.1, 0.15) is 0 Å². The van der Waals surface area contributed by atoms with E-state index in [1.54, 1.807) is 0 Å². The Bertz CT molecular complexity index is 1220. The van der Waals surface area contributed by atoms with Crippen molar-refractivity contribution in [1.29, 1.82) is 0 Å². The Morgan fingerprint density at radius 3 is 2.68 bits per heavy atom. The summed E-state index contributed by atoms with van der Waals surface area (Å²) in [5.74, 6) is 0.517. The van der Waals surface area contributed by atoms with E-state index in [1.807, 2.05) is 24.4 Å². The number of aliphatic imine (C=N–C) groups is 1. The highest BCUT2D eigenvalue weighted by Crippen LogP contribution is 2.32. The third kappa shape index (κ3) is 6.45. The standard InChI is InChI=1S/C33H42ClN3/c1-7-32(30-11-9-10-12-31(30)34)35-33-22-37(18-17-24(33)5)29-16-14-26-13-15-28(19-27(26)20-29)36(8-2)21-25(6)23(3)4/h8-13,15,19,21,23,29H,2,7,14,16-18,20,22H2,1,3-6H3/b25-21-,35-32?. The number of benzene rings is 2. The number of fused-ring (bicyclic) bond motifs is 1. The Hall–Kier alpha value is -2.62. The molecule has 37 heavy (non-hydrogen) atoms. The second-order valence-corrected chi connectivity index (χ2v) is 11.2. The molecule has 0 spiro atoms. The zero-order chi connectivity index (χ0) is 26.5. The first kappa shape index (κ1) is 27.4. The van der Waals surface area contributed by atoms with E-state index in [1.165, 1.54) is 40.1 Å². The van der Waals surface area contributed by atoms with Gasteiger partial charge in [-0.15, -0.1) is 0 Å². The van der Waals surface area contributed by atoms with E-state index in [4.69, 9.17) is 16.6 Å². The van der Waals surface area contributed by atoms with Crippen LogP contribution in [-0.2, 0) is 12.8 Å². The second-order valence-electron chi connectivity index (χ2n) is 10.8. The topological polar surface area (TPSA) is 18.8 Å². The van der Waals surface area contributed by atoms with Gasteiger partial charge in [0.15, 0.2) is 0 Å². The number of nitrogens with zero attached hydrogens (tertiary/aromatic N) is 3. The summed E-state index contributed by atoms with van der Waals surface area (Å²) in [6, 6.07) is 15.5. The maximum Gasteiger partial charge on any atom is 0.0537 e. The van der Waals surface area contributed by atoms with Crippen molar-refractivity contribution in [2.45, 2.75) is 72.8 Å². The highest BCUT2D eigenvalue weighted by atomic mass is 35.5. The molecule has 0 N–H and O–H groups in total. The van der Waals surface area contributed by atoms with Crippen LogP contribution in [0.1, 0.15) is 70.6 Å². The van der Waals surface area contributed by atoms with Crippen LogP contribution in [0.2, 0.25) is 5.02 Å². The molecular formula is C33H42ClN3. The number of allylic oxidation sites excluding steroid dienone is 1. The lowest BCUT2D eigenvalue weighted by Crippen LogP contribution is -2.43. The third-order valence-electron chi connectivity index (χ3n) is 8.07. The lowest BCUT2D eigenvalue weighted by Gasteiger charge is -2.38. The lowest BCUT2D eigenvalue weighted by molar-refractivity contribution is 0.187. The largest absolute Gasteiger partial charge is 0.325 e. The first-order valence-corrected chi connectivity index (χ1v) is 14.1. The SMILES string of the molecule is C=CN(/C=C(/C)C(C)C)c1ccc2c(c1)CC(N1CCC(C)=C(N=C(CC)c3ccccc3Cl)C1)CC2. The van der Waals surface area contributed by atoms with Crippen LogP contribution in [0, 0.1) is 5.92 Å². The van der Waals surface area contributed by atoms with Crippen LogP contribution in [0.25, 0.3) is 0 Å². The minimum absolute atomic E-state index is 0.517. The van der Waals surface area contributed by atoms with E-state index in [2.05, 4.69) is 81.5 Å². The fraction of sp³-hybridized carbons (Fsp3) is 0.424. The molecule has 4 rings (SSSR count). The fourth-order valence-electron chi connectivity index (χ4n) is 5.29. The van der Waals surface area contributed by atoms with Crippen molar-refractivity contribution in [2.24, 2.45) is 10.9 Å². The predicted molar refractivity (Wildman–Crippen MR) is 161 cm³/mol. The van der Waals surface area contributed by atoms with Crippen molar-refractivity contribution in [3.63, 3.8) is 0 Å². The normalized spacial score (nSPS) is 19.3. The Balaban J connectivity index is 1.53. The number of hydrogen-bond acceptors (Lipinski definition) is 3. The molecule has 1 unspecified atom stereocenters. The molecule has 0 amide bonds. The van der Waals surface area contributed by atoms with Gasteiger partial charge >= 0.3 is 0 Å². The Morgan fingerprint density at radius 2 is 1.97 bits per heavy atom. The molecule has 1 atom stereocenters. The van der Waals surface area contributed by atoms with Crippen LogP contribution in [0.15, 0.2) is 83.3 Å². The number of aryl methyl sites for hydroxylation is 1. The van der Waals surface area contributed by atoms with Crippen molar-refractivity contribution < 1.29 is 0 Å². The molecular weight excluding hydrogens is 474 g/mol. The van der Waals surface area contributed by atoms with Crippen LogP contribution in [-0.4, -0.2) is 29.7 Å². The second kappa shape index (κ2) is 12.3. The summed E-state index contributed by atoms with van der Waals surface area (Å²) < 4.78 is 0.